The van der Waals surface area contributed by atoms with Crippen LogP contribution in [0.1, 0.15) is 85.0 Å². The smallest absolute Gasteiger partial charge is 0.186 e. The Kier molecular flexibility index (Phi) is 8.56. The molecule has 0 spiro atoms. The molecular weight excluding hydrogens is 518 g/mol. The number of rotatable bonds is 5. The lowest BCUT2D eigenvalue weighted by Crippen LogP contribution is -2.60. The van der Waals surface area contributed by atoms with Gasteiger partial charge in [0.1, 0.15) is 24.4 Å². The second-order valence-electron chi connectivity index (χ2n) is 15.1. The average molecular weight is 574 g/mol. The van der Waals surface area contributed by atoms with Crippen LogP contribution in [0, 0.1) is 40.4 Å². The van der Waals surface area contributed by atoms with Gasteiger partial charge < -0.3 is 34.8 Å². The Morgan fingerprint density at radius 1 is 1.02 bits per heavy atom. The van der Waals surface area contributed by atoms with E-state index in [1.807, 2.05) is 0 Å². The lowest BCUT2D eigenvalue weighted by molar-refractivity contribution is -0.313. The number of hydrogen-bond donors (Lipinski definition) is 4. The van der Waals surface area contributed by atoms with Gasteiger partial charge in [0.25, 0.3) is 0 Å². The van der Waals surface area contributed by atoms with Crippen molar-refractivity contribution in [3.8, 4) is 0 Å². The number of hydrogen-bond acceptors (Lipinski definition) is 7. The predicted molar refractivity (Wildman–Crippen MR) is 158 cm³/mol. The van der Waals surface area contributed by atoms with Crippen LogP contribution in [0.25, 0.3) is 0 Å². The maximum atomic E-state index is 10.5. The molecule has 2 saturated carbocycles. The first-order valence-corrected chi connectivity index (χ1v) is 16.6. The Labute approximate surface area is 247 Å². The largest absolute Gasteiger partial charge is 0.394 e. The summed E-state index contributed by atoms with van der Waals surface area (Å²) in [6, 6.07) is 0.690. The van der Waals surface area contributed by atoms with Gasteiger partial charge in [-0.25, -0.2) is 0 Å². The molecule has 0 aromatic heterocycles. The van der Waals surface area contributed by atoms with Crippen LogP contribution in [0.4, 0.5) is 0 Å². The molecule has 2 heterocycles. The lowest BCUT2D eigenvalue weighted by Gasteiger charge is -2.59. The summed E-state index contributed by atoms with van der Waals surface area (Å²) in [5.41, 5.74) is 1.99. The molecule has 4 aliphatic carbocycles. The van der Waals surface area contributed by atoms with Gasteiger partial charge in [-0.05, 0) is 105 Å². The van der Waals surface area contributed by atoms with E-state index in [-0.39, 0.29) is 11.5 Å². The summed E-state index contributed by atoms with van der Waals surface area (Å²) in [6.07, 6.45) is 13.4. The summed E-state index contributed by atoms with van der Waals surface area (Å²) in [5, 5.41) is 40.4. The van der Waals surface area contributed by atoms with Crippen LogP contribution < -0.4 is 0 Å². The normalized spacial score (nSPS) is 51.2. The molecule has 7 heteroatoms. The molecule has 232 valence electrons. The minimum absolute atomic E-state index is 0.116. The molecule has 0 bridgehead atoms. The van der Waals surface area contributed by atoms with Gasteiger partial charge in [-0.2, -0.15) is 0 Å². The van der Waals surface area contributed by atoms with Gasteiger partial charge in [0, 0.05) is 6.04 Å². The Balaban J connectivity index is 1.14. The zero-order chi connectivity index (χ0) is 29.1. The first-order valence-electron chi connectivity index (χ1n) is 16.6. The summed E-state index contributed by atoms with van der Waals surface area (Å²) < 4.78 is 11.9. The predicted octanol–water partition coefficient (Wildman–Crippen LogP) is 4.04. The number of likely N-dealkylation sites (tertiary alicyclic amines) is 1. The molecule has 0 amide bonds. The highest BCUT2D eigenvalue weighted by atomic mass is 16.7. The molecule has 0 aromatic rings. The van der Waals surface area contributed by atoms with Crippen molar-refractivity contribution in [2.24, 2.45) is 40.4 Å². The highest BCUT2D eigenvalue weighted by Gasteiger charge is 2.58. The molecule has 4 N–H and O–H groups in total. The summed E-state index contributed by atoms with van der Waals surface area (Å²) in [4.78, 5) is 2.66. The number of aliphatic hydroxyl groups excluding tert-OH is 4. The fourth-order valence-corrected chi connectivity index (χ4v) is 10.6. The molecule has 2 aliphatic heterocycles. The maximum absolute atomic E-state index is 10.5. The number of ether oxygens (including phenoxy) is 2. The highest BCUT2D eigenvalue weighted by Crippen LogP contribution is 2.65. The zero-order valence-corrected chi connectivity index (χ0v) is 25.7. The van der Waals surface area contributed by atoms with Crippen molar-refractivity contribution >= 4 is 0 Å². The van der Waals surface area contributed by atoms with Crippen LogP contribution in [0.5, 0.6) is 0 Å². The number of allylic oxidation sites excluding steroid dienone is 3. The Bertz CT molecular complexity index is 1000. The van der Waals surface area contributed by atoms with E-state index < -0.39 is 37.3 Å². The average Bonchev–Trinajstić information content (AvgIpc) is 3.17. The quantitative estimate of drug-likeness (QED) is 0.368. The van der Waals surface area contributed by atoms with Crippen LogP contribution in [0.2, 0.25) is 0 Å². The van der Waals surface area contributed by atoms with E-state index in [4.69, 9.17) is 9.47 Å². The number of nitrogens with zero attached hydrogens (tertiary/aromatic N) is 1. The van der Waals surface area contributed by atoms with Gasteiger partial charge >= 0.3 is 0 Å². The highest BCUT2D eigenvalue weighted by molar-refractivity contribution is 5.28. The van der Waals surface area contributed by atoms with Gasteiger partial charge in [-0.15, -0.1) is 0 Å². The van der Waals surface area contributed by atoms with E-state index in [0.29, 0.717) is 41.0 Å². The number of aliphatic hydroxyl groups is 4. The zero-order valence-electron chi connectivity index (χ0n) is 25.7. The van der Waals surface area contributed by atoms with E-state index in [1.54, 1.807) is 0 Å². The first kappa shape index (κ1) is 30.2. The van der Waals surface area contributed by atoms with Gasteiger partial charge in [-0.3, -0.25) is 0 Å². The fraction of sp³-hybridized carbons (Fsp3) is 0.882. The van der Waals surface area contributed by atoms with Crippen molar-refractivity contribution in [2.75, 3.05) is 20.2 Å². The molecule has 6 rings (SSSR count). The van der Waals surface area contributed by atoms with Crippen molar-refractivity contribution in [3.63, 3.8) is 0 Å². The van der Waals surface area contributed by atoms with E-state index in [9.17, 15) is 20.4 Å². The van der Waals surface area contributed by atoms with Crippen LogP contribution in [0.15, 0.2) is 23.8 Å². The monoisotopic (exact) mass is 573 g/mol. The first-order chi connectivity index (χ1) is 19.6. The molecular formula is C34H55NO6. The third-order valence-electron chi connectivity index (χ3n) is 13.1. The van der Waals surface area contributed by atoms with Crippen LogP contribution in [0.3, 0.4) is 0 Å². The van der Waals surface area contributed by atoms with Crippen LogP contribution >= 0.6 is 0 Å². The molecule has 14 atom stereocenters. The van der Waals surface area contributed by atoms with Crippen LogP contribution in [-0.4, -0.2) is 88.4 Å². The minimum atomic E-state index is -1.40. The van der Waals surface area contributed by atoms with Gasteiger partial charge in [0.15, 0.2) is 6.29 Å². The SMILES string of the molecule is C[C@H]([C@H]1CCCCCN1C)[C@H]1C=C[C@@H]2[C@@H]3CC=C4C[C@@H](O[C@@H]5O[C@@H](CO)[C@@H](O)[C@H](O)[C@@H]5O)CC[C@]4(C)[C@@H]3CC[C@]12C. The fourth-order valence-electron chi connectivity index (χ4n) is 10.6. The second-order valence-corrected chi connectivity index (χ2v) is 15.1. The molecule has 0 unspecified atom stereocenters. The molecule has 0 aromatic carbocycles. The molecule has 7 nitrogen and oxygen atoms in total. The lowest BCUT2D eigenvalue weighted by atomic mass is 9.46. The summed E-state index contributed by atoms with van der Waals surface area (Å²) in [6.45, 7) is 8.44. The summed E-state index contributed by atoms with van der Waals surface area (Å²) in [5.74, 6) is 3.34. The van der Waals surface area contributed by atoms with Crippen molar-refractivity contribution < 1.29 is 29.9 Å². The van der Waals surface area contributed by atoms with Crippen molar-refractivity contribution in [2.45, 2.75) is 128 Å². The van der Waals surface area contributed by atoms with Crippen molar-refractivity contribution in [1.82, 2.24) is 4.90 Å². The van der Waals surface area contributed by atoms with E-state index in [2.05, 4.69) is 50.9 Å². The van der Waals surface area contributed by atoms with Gasteiger partial charge in [0.05, 0.1) is 12.7 Å². The Morgan fingerprint density at radius 2 is 1.83 bits per heavy atom. The molecule has 0 radical (unpaired) electrons. The van der Waals surface area contributed by atoms with E-state index in [0.717, 1.165) is 25.7 Å². The van der Waals surface area contributed by atoms with Crippen molar-refractivity contribution in [3.05, 3.63) is 23.8 Å². The molecule has 6 aliphatic rings. The minimum Gasteiger partial charge on any atom is -0.394 e. The topological polar surface area (TPSA) is 103 Å². The van der Waals surface area contributed by atoms with E-state index in [1.165, 1.54) is 50.6 Å². The van der Waals surface area contributed by atoms with E-state index >= 15 is 0 Å². The third kappa shape index (κ3) is 5.09. The Morgan fingerprint density at radius 3 is 2.61 bits per heavy atom. The Hall–Kier alpha value is -0.800. The van der Waals surface area contributed by atoms with Crippen molar-refractivity contribution in [1.29, 1.82) is 0 Å². The van der Waals surface area contributed by atoms with Crippen LogP contribution in [-0.2, 0) is 9.47 Å². The summed E-state index contributed by atoms with van der Waals surface area (Å²) in [7, 11) is 2.35. The standard InChI is InChI=1S/C34H55NO6/c1-20(27-8-6-5-7-17-35(27)4)24-11-12-25-23-10-9-21-18-22(13-15-33(21,2)26(23)14-16-34(24,25)3)40-32-31(39)30(38)29(37)28(19-36)41-32/h9,11-12,20,22-32,36-39H,5-8,10,13-19H2,1-4H3/t20-,22-,23-,24+,25+,26+,27+,28-,29+,30-,31-,32+,33-,34+/m0/s1. The maximum Gasteiger partial charge on any atom is 0.186 e. The number of fused-ring (bicyclic) bond motifs is 5. The summed E-state index contributed by atoms with van der Waals surface area (Å²) >= 11 is 0. The molecule has 41 heavy (non-hydrogen) atoms. The van der Waals surface area contributed by atoms with Gasteiger partial charge in [0.2, 0.25) is 0 Å². The third-order valence-corrected chi connectivity index (χ3v) is 13.1. The molecule has 2 saturated heterocycles. The second kappa shape index (κ2) is 11.6. The van der Waals surface area contributed by atoms with Gasteiger partial charge in [-0.1, -0.05) is 57.4 Å². The molecule has 4 fully saturated rings.